The highest BCUT2D eigenvalue weighted by Gasteiger charge is 2.75. The number of para-hydroxylation sites is 1. The highest BCUT2D eigenvalue weighted by molar-refractivity contribution is 6.23. The smallest absolute Gasteiger partial charge is 0.421 e. The number of carbonyl (C=O) groups excluding carboxylic acids is 4. The van der Waals surface area contributed by atoms with Crippen molar-refractivity contribution >= 4 is 29.6 Å². The zero-order valence-electron chi connectivity index (χ0n) is 32.8. The number of imide groups is 1. The number of hydrogen-bond donors (Lipinski definition) is 3. The Kier molecular flexibility index (Phi) is 11.8. The van der Waals surface area contributed by atoms with Gasteiger partial charge in [-0.05, 0) is 46.0 Å². The van der Waals surface area contributed by atoms with Crippen LogP contribution in [0.3, 0.4) is 0 Å². The van der Waals surface area contributed by atoms with Crippen LogP contribution in [0.2, 0.25) is 0 Å². The van der Waals surface area contributed by atoms with Gasteiger partial charge in [-0.3, -0.25) is 19.3 Å². The quantitative estimate of drug-likeness (QED) is 0.104. The first-order valence-electron chi connectivity index (χ1n) is 19.8. The third kappa shape index (κ3) is 7.09. The number of nitrogens with one attached hydrogen (secondary N) is 1. The van der Waals surface area contributed by atoms with E-state index in [0.717, 1.165) is 10.5 Å². The number of carbonyl (C=O) groups is 4. The van der Waals surface area contributed by atoms with Gasteiger partial charge < -0.3 is 34.5 Å². The van der Waals surface area contributed by atoms with Crippen LogP contribution in [0.15, 0.2) is 140 Å². The van der Waals surface area contributed by atoms with Gasteiger partial charge in [0.05, 0.1) is 43.0 Å². The van der Waals surface area contributed by atoms with E-state index in [9.17, 15) is 15.0 Å². The molecule has 3 amide bonds. The summed E-state index contributed by atoms with van der Waals surface area (Å²) in [6.45, 7) is -0.605. The van der Waals surface area contributed by atoms with E-state index in [4.69, 9.17) is 18.9 Å². The lowest BCUT2D eigenvalue weighted by Crippen LogP contribution is -2.56. The molecule has 13 heteroatoms. The molecule has 2 fully saturated rings. The van der Waals surface area contributed by atoms with Crippen LogP contribution < -0.4 is 15.0 Å². The second-order valence-corrected chi connectivity index (χ2v) is 14.8. The van der Waals surface area contributed by atoms with Gasteiger partial charge in [0.1, 0.15) is 36.5 Å². The van der Waals surface area contributed by atoms with Gasteiger partial charge in [0.15, 0.2) is 0 Å². The molecule has 3 aliphatic heterocycles. The molecule has 0 radical (unpaired) electrons. The molecule has 0 bridgehead atoms. The number of ether oxygens (including phenoxy) is 4. The van der Waals surface area contributed by atoms with Crippen molar-refractivity contribution in [3.05, 3.63) is 167 Å². The van der Waals surface area contributed by atoms with Gasteiger partial charge in [0, 0.05) is 13.7 Å². The van der Waals surface area contributed by atoms with Gasteiger partial charge in [0.2, 0.25) is 11.8 Å². The molecule has 3 aliphatic rings. The Bertz CT molecular complexity index is 2330. The number of methoxy groups -OCH3 is 1. The molecule has 3 N–H and O–H groups in total. The highest BCUT2D eigenvalue weighted by atomic mass is 16.6. The molecular formula is C47H45N3O10. The maximum absolute atomic E-state index is 15.9. The third-order valence-corrected chi connectivity index (χ3v) is 11.5. The molecule has 13 nitrogen and oxygen atoms in total. The molecule has 1 spiro atoms. The molecular weight excluding hydrogens is 767 g/mol. The number of nitrogens with zero attached hydrogens (tertiary/aromatic N) is 2. The van der Waals surface area contributed by atoms with Gasteiger partial charge >= 0.3 is 12.1 Å². The Hall–Kier alpha value is -6.38. The Morgan fingerprint density at radius 1 is 0.783 bits per heavy atom. The van der Waals surface area contributed by atoms with Crippen molar-refractivity contribution in [2.45, 2.75) is 35.7 Å². The van der Waals surface area contributed by atoms with Crippen molar-refractivity contribution in [2.24, 2.45) is 5.92 Å². The van der Waals surface area contributed by atoms with E-state index >= 15 is 14.4 Å². The lowest BCUT2D eigenvalue weighted by atomic mass is 9.65. The van der Waals surface area contributed by atoms with Crippen LogP contribution in [0.1, 0.15) is 52.1 Å². The van der Waals surface area contributed by atoms with Gasteiger partial charge in [0.25, 0.3) is 0 Å². The SMILES string of the molecule is COCCOC(=O)N1C(=O)[C@@]2(c3ccccc31)[C@H](c1cccc(OCCO)c1)N1[C@H](c3ccccc3)[C@H](c3ccccc3)OC(=O)[C@H]1[C@@H]2C(=O)NC[C@H](O)c1ccccc1. The normalized spacial score (nSPS) is 23.7. The summed E-state index contributed by atoms with van der Waals surface area (Å²) >= 11 is 0. The molecule has 0 aromatic heterocycles. The minimum absolute atomic E-state index is 0.0156. The molecule has 0 unspecified atom stereocenters. The van der Waals surface area contributed by atoms with Crippen LogP contribution in [0.25, 0.3) is 0 Å². The van der Waals surface area contributed by atoms with Crippen molar-refractivity contribution in [1.82, 2.24) is 10.2 Å². The number of hydrogen-bond acceptors (Lipinski definition) is 11. The van der Waals surface area contributed by atoms with Gasteiger partial charge in [-0.2, -0.15) is 0 Å². The first kappa shape index (κ1) is 40.4. The number of amides is 3. The molecule has 7 atom stereocenters. The Labute approximate surface area is 347 Å². The standard InChI is InChI=1S/C47H45N3O10/c1-57-26-27-59-46(56)49-36-23-12-11-22-35(36)47(45(49)55)38(43(53)48-29-37(52)30-14-5-2-6-15-30)40-44(54)60-41(32-18-9-4-10-19-32)39(31-16-7-3-8-17-31)50(40)42(47)33-20-13-21-34(28-33)58-25-24-51/h2-23,28,37-42,51-52H,24-27,29H2,1H3,(H,48,53)/t37-,38+,39+,40+,41-,42-,47+/m0/s1. The number of fused-ring (bicyclic) bond motifs is 3. The summed E-state index contributed by atoms with van der Waals surface area (Å²) in [5.74, 6) is -3.41. The number of cyclic esters (lactones) is 1. The van der Waals surface area contributed by atoms with Crippen molar-refractivity contribution in [2.75, 3.05) is 45.0 Å². The number of rotatable bonds is 13. The van der Waals surface area contributed by atoms with Crippen LogP contribution in [0.4, 0.5) is 10.5 Å². The van der Waals surface area contributed by atoms with E-state index in [-0.39, 0.29) is 38.7 Å². The summed E-state index contributed by atoms with van der Waals surface area (Å²) in [6.07, 6.45) is -3.02. The van der Waals surface area contributed by atoms with Crippen LogP contribution in [0.5, 0.6) is 5.75 Å². The van der Waals surface area contributed by atoms with E-state index in [2.05, 4.69) is 5.32 Å². The fourth-order valence-corrected chi connectivity index (χ4v) is 9.16. The molecule has 3 heterocycles. The van der Waals surface area contributed by atoms with E-state index < -0.39 is 65.5 Å². The molecule has 60 heavy (non-hydrogen) atoms. The van der Waals surface area contributed by atoms with Crippen LogP contribution in [0, 0.1) is 5.92 Å². The minimum Gasteiger partial charge on any atom is -0.491 e. The number of anilines is 1. The molecule has 0 aliphatic carbocycles. The zero-order valence-corrected chi connectivity index (χ0v) is 32.8. The highest BCUT2D eigenvalue weighted by Crippen LogP contribution is 2.66. The molecule has 2 saturated heterocycles. The Morgan fingerprint density at radius 3 is 2.13 bits per heavy atom. The monoisotopic (exact) mass is 811 g/mol. The minimum atomic E-state index is -1.99. The molecule has 0 saturated carbocycles. The second-order valence-electron chi connectivity index (χ2n) is 14.8. The van der Waals surface area contributed by atoms with E-state index in [1.807, 2.05) is 71.6 Å². The molecule has 5 aromatic carbocycles. The molecule has 5 aromatic rings. The van der Waals surface area contributed by atoms with E-state index in [0.29, 0.717) is 28.0 Å². The summed E-state index contributed by atoms with van der Waals surface area (Å²) in [6, 6.07) is 37.9. The van der Waals surface area contributed by atoms with Crippen LogP contribution in [-0.4, -0.2) is 85.1 Å². The lowest BCUT2D eigenvalue weighted by molar-refractivity contribution is -0.178. The third-order valence-electron chi connectivity index (χ3n) is 11.5. The first-order valence-corrected chi connectivity index (χ1v) is 19.8. The van der Waals surface area contributed by atoms with Crippen molar-refractivity contribution < 1.29 is 48.3 Å². The maximum atomic E-state index is 15.9. The number of benzene rings is 5. The summed E-state index contributed by atoms with van der Waals surface area (Å²) in [4.78, 5) is 63.3. The predicted octanol–water partition coefficient (Wildman–Crippen LogP) is 5.36. The Balaban J connectivity index is 1.39. The number of morpholine rings is 1. The summed E-state index contributed by atoms with van der Waals surface area (Å²) in [5.41, 5.74) is 0.996. The molecule has 308 valence electrons. The van der Waals surface area contributed by atoms with Crippen molar-refractivity contribution in [3.63, 3.8) is 0 Å². The average Bonchev–Trinajstić information content (AvgIpc) is 3.75. The van der Waals surface area contributed by atoms with E-state index in [1.54, 1.807) is 72.8 Å². The predicted molar refractivity (Wildman–Crippen MR) is 219 cm³/mol. The summed E-state index contributed by atoms with van der Waals surface area (Å²) in [5, 5.41) is 23.8. The maximum Gasteiger partial charge on any atom is 0.421 e. The number of aliphatic hydroxyl groups excluding tert-OH is 2. The topological polar surface area (TPSA) is 164 Å². The largest absolute Gasteiger partial charge is 0.491 e. The van der Waals surface area contributed by atoms with Crippen molar-refractivity contribution in [1.29, 1.82) is 0 Å². The van der Waals surface area contributed by atoms with Crippen molar-refractivity contribution in [3.8, 4) is 5.75 Å². The fourth-order valence-electron chi connectivity index (χ4n) is 9.16. The second kappa shape index (κ2) is 17.5. The number of aliphatic hydroxyl groups is 2. The first-order chi connectivity index (χ1) is 29.3. The number of esters is 1. The lowest BCUT2D eigenvalue weighted by Gasteiger charge is -2.46. The van der Waals surface area contributed by atoms with Gasteiger partial charge in [-0.15, -0.1) is 0 Å². The van der Waals surface area contributed by atoms with E-state index in [1.165, 1.54) is 7.11 Å². The Morgan fingerprint density at radius 2 is 1.43 bits per heavy atom. The summed E-state index contributed by atoms with van der Waals surface area (Å²) < 4.78 is 23.1. The average molecular weight is 812 g/mol. The van der Waals surface area contributed by atoms with Gasteiger partial charge in [-0.1, -0.05) is 121 Å². The van der Waals surface area contributed by atoms with Gasteiger partial charge in [-0.25, -0.2) is 9.69 Å². The fraction of sp³-hybridized carbons (Fsp3) is 0.277. The van der Waals surface area contributed by atoms with Crippen LogP contribution >= 0.6 is 0 Å². The molecule has 8 rings (SSSR count). The van der Waals surface area contributed by atoms with Crippen LogP contribution in [-0.2, 0) is 34.0 Å². The zero-order chi connectivity index (χ0) is 41.8. The summed E-state index contributed by atoms with van der Waals surface area (Å²) in [7, 11) is 1.46.